The number of sulfonamides is 1. The number of benzene rings is 2. The predicted octanol–water partition coefficient (Wildman–Crippen LogP) is 3.94. The highest BCUT2D eigenvalue weighted by Gasteiger charge is 2.23. The zero-order chi connectivity index (χ0) is 19.7. The molecule has 0 heterocycles. The van der Waals surface area contributed by atoms with E-state index in [-0.39, 0.29) is 10.8 Å². The Bertz CT molecular complexity index is 942. The molecule has 0 aliphatic carbocycles. The highest BCUT2D eigenvalue weighted by Crippen LogP contribution is 2.20. The minimum absolute atomic E-state index is 0.0725. The predicted molar refractivity (Wildman–Crippen MR) is 105 cm³/mol. The summed E-state index contributed by atoms with van der Waals surface area (Å²) < 4.78 is 27.7. The average Bonchev–Trinajstić information content (AvgIpc) is 2.48. The van der Waals surface area contributed by atoms with Crippen LogP contribution < -0.4 is 10.0 Å². The first kappa shape index (κ1) is 20.1. The SMILES string of the molecule is Cc1ccc(NC(=O)c2cc(S(=O)(=O)NC(C)(C)C)ccc2C)cc1C. The lowest BCUT2D eigenvalue weighted by Crippen LogP contribution is -2.40. The quantitative estimate of drug-likeness (QED) is 0.851. The van der Waals surface area contributed by atoms with Crippen LogP contribution in [0, 0.1) is 20.8 Å². The minimum Gasteiger partial charge on any atom is -0.322 e. The molecule has 2 rings (SSSR count). The van der Waals surface area contributed by atoms with Gasteiger partial charge in [0, 0.05) is 16.8 Å². The molecule has 2 aromatic carbocycles. The summed E-state index contributed by atoms with van der Waals surface area (Å²) in [4.78, 5) is 12.7. The second-order valence-electron chi connectivity index (χ2n) is 7.59. The van der Waals surface area contributed by atoms with Crippen LogP contribution in [0.4, 0.5) is 5.69 Å². The van der Waals surface area contributed by atoms with E-state index in [9.17, 15) is 13.2 Å². The maximum Gasteiger partial charge on any atom is 0.255 e. The van der Waals surface area contributed by atoms with Crippen molar-refractivity contribution in [2.75, 3.05) is 5.32 Å². The third-order valence-corrected chi connectivity index (χ3v) is 5.72. The van der Waals surface area contributed by atoms with Gasteiger partial charge < -0.3 is 5.32 Å². The Kier molecular flexibility index (Phi) is 5.58. The Balaban J connectivity index is 2.34. The van der Waals surface area contributed by atoms with Gasteiger partial charge in [-0.25, -0.2) is 13.1 Å². The van der Waals surface area contributed by atoms with Crippen molar-refractivity contribution < 1.29 is 13.2 Å². The third-order valence-electron chi connectivity index (χ3n) is 3.97. The standard InChI is InChI=1S/C20H26N2O3S/c1-13-7-9-16(11-15(13)3)21-19(23)18-12-17(10-8-14(18)2)26(24,25)22-20(4,5)6/h7-12,22H,1-6H3,(H,21,23). The molecule has 0 aliphatic heterocycles. The van der Waals surface area contributed by atoms with Gasteiger partial charge in [0.15, 0.2) is 0 Å². The van der Waals surface area contributed by atoms with E-state index in [4.69, 9.17) is 0 Å². The zero-order valence-electron chi connectivity index (χ0n) is 16.1. The fourth-order valence-corrected chi connectivity index (χ4v) is 3.94. The van der Waals surface area contributed by atoms with Crippen LogP contribution in [0.3, 0.4) is 0 Å². The number of carbonyl (C=O) groups excluding carboxylic acids is 1. The molecule has 0 radical (unpaired) electrons. The van der Waals surface area contributed by atoms with Crippen LogP contribution in [-0.2, 0) is 10.0 Å². The van der Waals surface area contributed by atoms with Crippen molar-refractivity contribution in [2.24, 2.45) is 0 Å². The molecule has 0 aliphatic rings. The van der Waals surface area contributed by atoms with E-state index in [1.807, 2.05) is 32.0 Å². The summed E-state index contributed by atoms with van der Waals surface area (Å²) >= 11 is 0. The number of rotatable bonds is 4. The topological polar surface area (TPSA) is 75.3 Å². The molecule has 0 unspecified atom stereocenters. The van der Waals surface area contributed by atoms with E-state index in [1.165, 1.54) is 12.1 Å². The van der Waals surface area contributed by atoms with Crippen LogP contribution in [0.25, 0.3) is 0 Å². The minimum atomic E-state index is -3.71. The van der Waals surface area contributed by atoms with Crippen LogP contribution in [0.5, 0.6) is 0 Å². The van der Waals surface area contributed by atoms with Crippen molar-refractivity contribution in [3.05, 3.63) is 58.7 Å². The summed E-state index contributed by atoms with van der Waals surface area (Å²) in [6.45, 7) is 11.1. The van der Waals surface area contributed by atoms with Gasteiger partial charge in [-0.05, 0) is 82.5 Å². The number of anilines is 1. The van der Waals surface area contributed by atoms with E-state index < -0.39 is 15.6 Å². The summed E-state index contributed by atoms with van der Waals surface area (Å²) in [6.07, 6.45) is 0. The molecule has 26 heavy (non-hydrogen) atoms. The van der Waals surface area contributed by atoms with Gasteiger partial charge in [-0.15, -0.1) is 0 Å². The first-order chi connectivity index (χ1) is 11.9. The van der Waals surface area contributed by atoms with E-state index >= 15 is 0 Å². The fourth-order valence-electron chi connectivity index (χ4n) is 2.49. The lowest BCUT2D eigenvalue weighted by atomic mass is 10.1. The van der Waals surface area contributed by atoms with E-state index in [0.717, 1.165) is 11.1 Å². The van der Waals surface area contributed by atoms with E-state index in [1.54, 1.807) is 33.8 Å². The third kappa shape index (κ3) is 4.93. The second kappa shape index (κ2) is 7.21. The lowest BCUT2D eigenvalue weighted by molar-refractivity contribution is 0.102. The van der Waals surface area contributed by atoms with Crippen molar-refractivity contribution in [3.8, 4) is 0 Å². The number of hydrogen-bond acceptors (Lipinski definition) is 3. The molecule has 2 aromatic rings. The number of amides is 1. The Morgan fingerprint density at radius 2 is 1.50 bits per heavy atom. The average molecular weight is 375 g/mol. The maximum absolute atomic E-state index is 12.7. The van der Waals surface area contributed by atoms with E-state index in [0.29, 0.717) is 16.8 Å². The molecule has 140 valence electrons. The first-order valence-corrected chi connectivity index (χ1v) is 9.90. The van der Waals surface area contributed by atoms with Crippen molar-refractivity contribution in [1.82, 2.24) is 4.72 Å². The molecule has 0 fully saturated rings. The molecule has 0 atom stereocenters. The molecular formula is C20H26N2O3S. The molecular weight excluding hydrogens is 348 g/mol. The number of aryl methyl sites for hydroxylation is 3. The summed E-state index contributed by atoms with van der Waals surface area (Å²) in [5.74, 6) is -0.335. The maximum atomic E-state index is 12.7. The summed E-state index contributed by atoms with van der Waals surface area (Å²) in [6, 6.07) is 10.2. The highest BCUT2D eigenvalue weighted by atomic mass is 32.2. The number of carbonyl (C=O) groups is 1. The number of hydrogen-bond donors (Lipinski definition) is 2. The van der Waals surface area contributed by atoms with Gasteiger partial charge in [0.05, 0.1) is 4.90 Å². The Morgan fingerprint density at radius 1 is 0.885 bits per heavy atom. The molecule has 0 spiro atoms. The fraction of sp³-hybridized carbons (Fsp3) is 0.350. The molecule has 0 saturated heterocycles. The normalized spacial score (nSPS) is 12.1. The van der Waals surface area contributed by atoms with Gasteiger partial charge in [-0.1, -0.05) is 12.1 Å². The molecule has 6 heteroatoms. The molecule has 0 bridgehead atoms. The molecule has 5 nitrogen and oxygen atoms in total. The van der Waals surface area contributed by atoms with Crippen LogP contribution in [0.15, 0.2) is 41.3 Å². The van der Waals surface area contributed by atoms with Gasteiger partial charge >= 0.3 is 0 Å². The molecule has 2 N–H and O–H groups in total. The van der Waals surface area contributed by atoms with Crippen LogP contribution >= 0.6 is 0 Å². The monoisotopic (exact) mass is 374 g/mol. The zero-order valence-corrected chi connectivity index (χ0v) is 16.9. The number of nitrogens with one attached hydrogen (secondary N) is 2. The molecule has 0 saturated carbocycles. The smallest absolute Gasteiger partial charge is 0.255 e. The highest BCUT2D eigenvalue weighted by molar-refractivity contribution is 7.89. The summed E-state index contributed by atoms with van der Waals surface area (Å²) in [5.41, 5.74) is 3.33. The lowest BCUT2D eigenvalue weighted by Gasteiger charge is -2.20. The summed E-state index contributed by atoms with van der Waals surface area (Å²) in [5, 5.41) is 2.84. The van der Waals surface area contributed by atoms with Gasteiger partial charge in [0.2, 0.25) is 10.0 Å². The van der Waals surface area contributed by atoms with Crippen molar-refractivity contribution in [3.63, 3.8) is 0 Å². The van der Waals surface area contributed by atoms with Gasteiger partial charge in [-0.2, -0.15) is 0 Å². The Labute approximate surface area is 155 Å². The van der Waals surface area contributed by atoms with Crippen LogP contribution in [-0.4, -0.2) is 19.9 Å². The summed E-state index contributed by atoms with van der Waals surface area (Å²) in [7, 11) is -3.71. The van der Waals surface area contributed by atoms with Gasteiger partial charge in [-0.3, -0.25) is 4.79 Å². The Morgan fingerprint density at radius 3 is 2.08 bits per heavy atom. The van der Waals surface area contributed by atoms with E-state index in [2.05, 4.69) is 10.0 Å². The van der Waals surface area contributed by atoms with Gasteiger partial charge in [0.1, 0.15) is 0 Å². The van der Waals surface area contributed by atoms with Crippen molar-refractivity contribution in [1.29, 1.82) is 0 Å². The Hall–Kier alpha value is -2.18. The van der Waals surface area contributed by atoms with Crippen molar-refractivity contribution in [2.45, 2.75) is 52.0 Å². The largest absolute Gasteiger partial charge is 0.322 e. The second-order valence-corrected chi connectivity index (χ2v) is 9.27. The molecule has 0 aromatic heterocycles. The van der Waals surface area contributed by atoms with Gasteiger partial charge in [0.25, 0.3) is 5.91 Å². The van der Waals surface area contributed by atoms with Crippen LogP contribution in [0.2, 0.25) is 0 Å². The van der Waals surface area contributed by atoms with Crippen LogP contribution in [0.1, 0.15) is 47.8 Å². The first-order valence-electron chi connectivity index (χ1n) is 8.42. The van der Waals surface area contributed by atoms with Crippen molar-refractivity contribution >= 4 is 21.6 Å². The molecule has 1 amide bonds.